The number of nitrogens with one attached hydrogen (secondary N) is 1. The van der Waals surface area contributed by atoms with Gasteiger partial charge in [0.05, 0.1) is 12.3 Å². The molecule has 0 aliphatic heterocycles. The first kappa shape index (κ1) is 19.5. The molecule has 26 heavy (non-hydrogen) atoms. The van der Waals surface area contributed by atoms with Gasteiger partial charge in [-0.1, -0.05) is 30.0 Å². The van der Waals surface area contributed by atoms with Crippen LogP contribution < -0.4 is 16.8 Å². The Morgan fingerprint density at radius 3 is 2.31 bits per heavy atom. The van der Waals surface area contributed by atoms with Crippen LogP contribution >= 0.6 is 11.8 Å². The number of benzene rings is 1. The highest BCUT2D eigenvalue weighted by atomic mass is 32.2. The van der Waals surface area contributed by atoms with Crippen LogP contribution in [0.15, 0.2) is 29.4 Å². The number of aromatic nitrogens is 2. The van der Waals surface area contributed by atoms with E-state index < -0.39 is 0 Å². The number of anilines is 3. The number of hydrogen-bond donors (Lipinski definition) is 3. The molecule has 9 heteroatoms. The maximum Gasteiger partial charge on any atom is 0.243 e. The number of carbonyl (C=O) groups is 2. The number of carbonyl (C=O) groups excluding carboxylic acids is 2. The number of nitrogens with zero attached hydrogens (tertiary/aromatic N) is 3. The molecular weight excluding hydrogens is 352 g/mol. The van der Waals surface area contributed by atoms with Gasteiger partial charge in [-0.2, -0.15) is 0 Å². The van der Waals surface area contributed by atoms with Crippen LogP contribution in [0.3, 0.4) is 0 Å². The van der Waals surface area contributed by atoms with Gasteiger partial charge in [-0.15, -0.1) is 0 Å². The smallest absolute Gasteiger partial charge is 0.243 e. The molecule has 2 amide bonds. The van der Waals surface area contributed by atoms with E-state index in [0.717, 1.165) is 28.6 Å². The third-order valence-electron chi connectivity index (χ3n) is 3.62. The van der Waals surface area contributed by atoms with Crippen molar-refractivity contribution in [2.24, 2.45) is 0 Å². The number of likely N-dealkylation sites (N-methyl/N-ethyl adjacent to an activating group) is 1. The van der Waals surface area contributed by atoms with Gasteiger partial charge in [-0.05, 0) is 25.0 Å². The fraction of sp³-hybridized carbons (Fsp3) is 0.294. The van der Waals surface area contributed by atoms with E-state index in [-0.39, 0.29) is 35.7 Å². The lowest BCUT2D eigenvalue weighted by molar-refractivity contribution is -0.131. The van der Waals surface area contributed by atoms with Crippen molar-refractivity contribution in [3.05, 3.63) is 35.4 Å². The Balaban J connectivity index is 1.89. The minimum atomic E-state index is -0.257. The molecule has 0 fully saturated rings. The van der Waals surface area contributed by atoms with Gasteiger partial charge >= 0.3 is 0 Å². The van der Waals surface area contributed by atoms with E-state index in [0.29, 0.717) is 5.16 Å². The molecule has 5 N–H and O–H groups in total. The lowest BCUT2D eigenvalue weighted by Crippen LogP contribution is -2.36. The van der Waals surface area contributed by atoms with Crippen LogP contribution in [-0.4, -0.2) is 46.0 Å². The van der Waals surface area contributed by atoms with Crippen molar-refractivity contribution >= 4 is 40.9 Å². The van der Waals surface area contributed by atoms with Crippen molar-refractivity contribution in [2.45, 2.75) is 19.0 Å². The third kappa shape index (κ3) is 5.35. The highest BCUT2D eigenvalue weighted by molar-refractivity contribution is 7.99. The highest BCUT2D eigenvalue weighted by Gasteiger charge is 2.15. The van der Waals surface area contributed by atoms with Crippen LogP contribution in [0.25, 0.3) is 0 Å². The molecule has 2 rings (SSSR count). The Hall–Kier alpha value is -2.81. The molecule has 0 atom stereocenters. The van der Waals surface area contributed by atoms with E-state index in [1.54, 1.807) is 7.05 Å². The van der Waals surface area contributed by atoms with Crippen molar-refractivity contribution < 1.29 is 9.59 Å². The van der Waals surface area contributed by atoms with Gasteiger partial charge in [0, 0.05) is 18.8 Å². The van der Waals surface area contributed by atoms with Crippen LogP contribution in [0, 0.1) is 13.8 Å². The van der Waals surface area contributed by atoms with Crippen LogP contribution in [0.1, 0.15) is 11.1 Å². The first-order valence-electron chi connectivity index (χ1n) is 7.89. The molecule has 1 heterocycles. The number of rotatable bonds is 6. The van der Waals surface area contributed by atoms with E-state index in [2.05, 4.69) is 15.3 Å². The second-order valence-corrected chi connectivity index (χ2v) is 6.80. The Kier molecular flexibility index (Phi) is 6.40. The summed E-state index contributed by atoms with van der Waals surface area (Å²) < 4.78 is 0. The predicted molar refractivity (Wildman–Crippen MR) is 104 cm³/mol. The Bertz CT molecular complexity index is 786. The zero-order chi connectivity index (χ0) is 19.3. The molecule has 0 unspecified atom stereocenters. The SMILES string of the molecule is Cc1cccc(C)c1NC(=O)CN(C)C(=O)CSc1nc(N)cc(N)n1. The number of nitrogens with two attached hydrogens (primary N) is 2. The summed E-state index contributed by atoms with van der Waals surface area (Å²) in [6.45, 7) is 3.80. The van der Waals surface area contributed by atoms with Crippen LogP contribution in [0.4, 0.5) is 17.3 Å². The molecule has 138 valence electrons. The van der Waals surface area contributed by atoms with Crippen LogP contribution in [-0.2, 0) is 9.59 Å². The van der Waals surface area contributed by atoms with Gasteiger partial charge < -0.3 is 21.7 Å². The minimum Gasteiger partial charge on any atom is -0.383 e. The summed E-state index contributed by atoms with van der Waals surface area (Å²) in [5, 5.41) is 3.18. The van der Waals surface area contributed by atoms with E-state index in [4.69, 9.17) is 11.5 Å². The van der Waals surface area contributed by atoms with Crippen molar-refractivity contribution in [2.75, 3.05) is 36.1 Å². The number of hydrogen-bond acceptors (Lipinski definition) is 7. The lowest BCUT2D eigenvalue weighted by atomic mass is 10.1. The molecule has 0 aliphatic carbocycles. The summed E-state index contributed by atoms with van der Waals surface area (Å²) in [4.78, 5) is 33.8. The van der Waals surface area contributed by atoms with Gasteiger partial charge in [0.15, 0.2) is 5.16 Å². The molecule has 0 aliphatic rings. The quantitative estimate of drug-likeness (QED) is 0.516. The normalized spacial score (nSPS) is 10.4. The summed E-state index contributed by atoms with van der Waals surface area (Å²) in [6.07, 6.45) is 0. The molecule has 0 saturated carbocycles. The van der Waals surface area contributed by atoms with Gasteiger partial charge in [-0.25, -0.2) is 9.97 Å². The maximum atomic E-state index is 12.2. The highest BCUT2D eigenvalue weighted by Crippen LogP contribution is 2.19. The van der Waals surface area contributed by atoms with Gasteiger partial charge in [0.25, 0.3) is 0 Å². The molecule has 2 aromatic rings. The molecule has 0 spiro atoms. The zero-order valence-electron chi connectivity index (χ0n) is 14.9. The fourth-order valence-electron chi connectivity index (χ4n) is 2.26. The topological polar surface area (TPSA) is 127 Å². The average Bonchev–Trinajstić information content (AvgIpc) is 2.55. The second-order valence-electron chi connectivity index (χ2n) is 5.85. The van der Waals surface area contributed by atoms with Crippen molar-refractivity contribution in [1.29, 1.82) is 0 Å². The minimum absolute atomic E-state index is 0.0485. The number of thioether (sulfide) groups is 1. The molecule has 0 saturated heterocycles. The second kappa shape index (κ2) is 8.52. The van der Waals surface area contributed by atoms with Crippen molar-refractivity contribution in [3.8, 4) is 0 Å². The first-order chi connectivity index (χ1) is 12.3. The summed E-state index contributed by atoms with van der Waals surface area (Å²) in [5.41, 5.74) is 13.9. The Morgan fingerprint density at radius 1 is 1.15 bits per heavy atom. The van der Waals surface area contributed by atoms with Crippen molar-refractivity contribution in [1.82, 2.24) is 14.9 Å². The standard InChI is InChI=1S/C17H22N6O2S/c1-10-5-4-6-11(2)16(10)22-14(24)8-23(3)15(25)9-26-17-20-12(18)7-13(19)21-17/h4-7H,8-9H2,1-3H3,(H,22,24)(H4,18,19,20,21). The monoisotopic (exact) mass is 374 g/mol. The number of para-hydroxylation sites is 1. The van der Waals surface area contributed by atoms with Crippen LogP contribution in [0.2, 0.25) is 0 Å². The van der Waals surface area contributed by atoms with E-state index in [1.807, 2.05) is 32.0 Å². The molecule has 8 nitrogen and oxygen atoms in total. The average molecular weight is 374 g/mol. The predicted octanol–water partition coefficient (Wildman–Crippen LogP) is 1.45. The summed E-state index contributed by atoms with van der Waals surface area (Å²) in [5.74, 6) is 0.0855. The molecule has 0 bridgehead atoms. The van der Waals surface area contributed by atoms with E-state index in [1.165, 1.54) is 11.0 Å². The summed E-state index contributed by atoms with van der Waals surface area (Å²) in [6, 6.07) is 7.21. The molecule has 1 aromatic carbocycles. The number of nitrogen functional groups attached to an aromatic ring is 2. The maximum absolute atomic E-state index is 12.2. The summed E-state index contributed by atoms with van der Waals surface area (Å²) in [7, 11) is 1.57. The molecule has 0 radical (unpaired) electrons. The van der Waals surface area contributed by atoms with Gasteiger partial charge in [0.2, 0.25) is 11.8 Å². The summed E-state index contributed by atoms with van der Waals surface area (Å²) >= 11 is 1.12. The lowest BCUT2D eigenvalue weighted by Gasteiger charge is -2.18. The van der Waals surface area contributed by atoms with E-state index in [9.17, 15) is 9.59 Å². The Morgan fingerprint density at radius 2 is 1.73 bits per heavy atom. The Labute approximate surface area is 156 Å². The zero-order valence-corrected chi connectivity index (χ0v) is 15.8. The van der Waals surface area contributed by atoms with Crippen molar-refractivity contribution in [3.63, 3.8) is 0 Å². The largest absolute Gasteiger partial charge is 0.383 e. The number of aryl methyl sites for hydroxylation is 2. The molecule has 1 aromatic heterocycles. The molecular formula is C17H22N6O2S. The van der Waals surface area contributed by atoms with Gasteiger partial charge in [0.1, 0.15) is 11.6 Å². The number of amides is 2. The van der Waals surface area contributed by atoms with Crippen LogP contribution in [0.5, 0.6) is 0 Å². The van der Waals surface area contributed by atoms with E-state index >= 15 is 0 Å². The van der Waals surface area contributed by atoms with Gasteiger partial charge in [-0.3, -0.25) is 9.59 Å². The fourth-order valence-corrected chi connectivity index (χ4v) is 3.07. The first-order valence-corrected chi connectivity index (χ1v) is 8.87. The third-order valence-corrected chi connectivity index (χ3v) is 4.45.